The number of hydrogen-bond acceptors (Lipinski definition) is 7. The minimum atomic E-state index is -0.608. The number of aliphatic hydroxyl groups is 1. The second-order valence-electron chi connectivity index (χ2n) is 18.5. The van der Waals surface area contributed by atoms with Gasteiger partial charge in [-0.2, -0.15) is 0 Å². The van der Waals surface area contributed by atoms with Gasteiger partial charge in [0.05, 0.1) is 6.61 Å². The third-order valence-corrected chi connectivity index (χ3v) is 10.9. The zero-order chi connectivity index (χ0) is 56.0. The van der Waals surface area contributed by atoms with Gasteiger partial charge in [-0.3, -0.25) is 9.59 Å². The van der Waals surface area contributed by atoms with Crippen LogP contribution in [0, 0.1) is 5.92 Å². The summed E-state index contributed by atoms with van der Waals surface area (Å²) in [5.74, 6) is 0.409. The van der Waals surface area contributed by atoms with E-state index in [0.29, 0.717) is 44.6 Å². The maximum Gasteiger partial charge on any atom is 0.306 e. The van der Waals surface area contributed by atoms with E-state index in [1.54, 1.807) is 0 Å². The summed E-state index contributed by atoms with van der Waals surface area (Å²) in [6.45, 7) is 38.0. The number of nitrogens with one attached hydrogen (secondary N) is 1. The third-order valence-electron chi connectivity index (χ3n) is 10.9. The predicted molar refractivity (Wildman–Crippen MR) is 323 cm³/mol. The Labute approximate surface area is 454 Å². The summed E-state index contributed by atoms with van der Waals surface area (Å²) in [7, 11) is 0. The molecule has 7 nitrogen and oxygen atoms in total. The van der Waals surface area contributed by atoms with Crippen LogP contribution in [0.3, 0.4) is 0 Å². The first-order chi connectivity index (χ1) is 35.1. The van der Waals surface area contributed by atoms with Gasteiger partial charge in [-0.05, 0) is 82.7 Å². The van der Waals surface area contributed by atoms with Gasteiger partial charge in [0.2, 0.25) is 0 Å². The molecule has 0 spiro atoms. The maximum atomic E-state index is 12.4. The molecule has 0 saturated heterocycles. The van der Waals surface area contributed by atoms with Crippen LogP contribution in [0.4, 0.5) is 0 Å². The molecule has 1 aromatic carbocycles. The molecular weight excluding hydrogens is 891 g/mol. The number of benzene rings is 1. The van der Waals surface area contributed by atoms with Gasteiger partial charge in [0.15, 0.2) is 6.29 Å². The van der Waals surface area contributed by atoms with Crippen LogP contribution < -0.4 is 5.32 Å². The zero-order valence-corrected chi connectivity index (χ0v) is 52.3. The van der Waals surface area contributed by atoms with Crippen molar-refractivity contribution in [1.82, 2.24) is 5.32 Å². The van der Waals surface area contributed by atoms with Gasteiger partial charge >= 0.3 is 11.9 Å². The van der Waals surface area contributed by atoms with E-state index in [1.807, 2.05) is 78.8 Å². The molecule has 0 aromatic heterocycles. The summed E-state index contributed by atoms with van der Waals surface area (Å²) in [5.41, 5.74) is 1.02. The topological polar surface area (TPSA) is 94.1 Å². The number of carbonyl (C=O) groups excluding carboxylic acids is 2. The second kappa shape index (κ2) is 83.0. The molecule has 0 aliphatic heterocycles. The molecule has 0 amide bonds. The molecule has 0 bridgehead atoms. The van der Waals surface area contributed by atoms with E-state index in [2.05, 4.69) is 74.6 Å². The Kier molecular flexibility index (Phi) is 96.9. The lowest BCUT2D eigenvalue weighted by Crippen LogP contribution is -2.30. The molecular formula is C65H135NO6. The number of ether oxygens (including phenoxy) is 3. The van der Waals surface area contributed by atoms with E-state index in [9.17, 15) is 14.7 Å². The fourth-order valence-electron chi connectivity index (χ4n) is 7.22. The molecule has 0 saturated carbocycles. The molecule has 0 aliphatic carbocycles. The molecule has 1 aromatic rings. The van der Waals surface area contributed by atoms with Crippen LogP contribution in [0.25, 0.3) is 0 Å². The first kappa shape index (κ1) is 84.0. The molecule has 0 heterocycles. The van der Waals surface area contributed by atoms with Gasteiger partial charge in [0.1, 0.15) is 6.61 Å². The summed E-state index contributed by atoms with van der Waals surface area (Å²) in [5, 5.41) is 13.5. The number of hydrogen-bond donors (Lipinski definition) is 2. The second-order valence-corrected chi connectivity index (χ2v) is 18.5. The van der Waals surface area contributed by atoms with Crippen LogP contribution in [0.15, 0.2) is 30.3 Å². The average molecular weight is 1030 g/mol. The molecule has 0 radical (unpaired) electrons. The van der Waals surface area contributed by atoms with Crippen LogP contribution in [-0.4, -0.2) is 49.1 Å². The van der Waals surface area contributed by atoms with Crippen molar-refractivity contribution < 1.29 is 28.9 Å². The lowest BCUT2D eigenvalue weighted by Gasteiger charge is -2.19. The van der Waals surface area contributed by atoms with Crippen LogP contribution >= 0.6 is 0 Å². The van der Waals surface area contributed by atoms with Crippen molar-refractivity contribution in [3.63, 3.8) is 0 Å². The monoisotopic (exact) mass is 1030 g/mol. The van der Waals surface area contributed by atoms with Crippen molar-refractivity contribution in [3.05, 3.63) is 35.9 Å². The molecule has 3 atom stereocenters. The number of esters is 2. The Morgan fingerprint density at radius 1 is 0.458 bits per heavy atom. The molecule has 7 heteroatoms. The van der Waals surface area contributed by atoms with Gasteiger partial charge in [-0.25, -0.2) is 0 Å². The highest BCUT2D eigenvalue weighted by molar-refractivity contribution is 5.69. The highest BCUT2D eigenvalue weighted by atomic mass is 16.6. The largest absolute Gasteiger partial charge is 0.465 e. The van der Waals surface area contributed by atoms with Crippen molar-refractivity contribution >= 4 is 11.9 Å². The van der Waals surface area contributed by atoms with Crippen LogP contribution in [0.5, 0.6) is 0 Å². The van der Waals surface area contributed by atoms with Gasteiger partial charge in [0.25, 0.3) is 0 Å². The van der Waals surface area contributed by atoms with E-state index in [0.717, 1.165) is 57.1 Å². The zero-order valence-electron chi connectivity index (χ0n) is 52.3. The summed E-state index contributed by atoms with van der Waals surface area (Å²) >= 11 is 0. The van der Waals surface area contributed by atoms with Crippen LogP contribution in [0.1, 0.15) is 335 Å². The molecule has 436 valence electrons. The average Bonchev–Trinajstić information content (AvgIpc) is 3.39. The Morgan fingerprint density at radius 2 is 0.847 bits per heavy atom. The van der Waals surface area contributed by atoms with Crippen molar-refractivity contribution in [2.24, 2.45) is 5.92 Å². The Balaban J connectivity index is -0.000000363. The molecule has 0 fully saturated rings. The molecule has 72 heavy (non-hydrogen) atoms. The van der Waals surface area contributed by atoms with Gasteiger partial charge < -0.3 is 24.6 Å². The first-order valence-corrected chi connectivity index (χ1v) is 31.5. The number of unbranched alkanes of at least 4 members (excludes halogenated alkanes) is 17. The first-order valence-electron chi connectivity index (χ1n) is 31.5. The smallest absolute Gasteiger partial charge is 0.306 e. The van der Waals surface area contributed by atoms with Crippen LogP contribution in [0.2, 0.25) is 0 Å². The van der Waals surface area contributed by atoms with Crippen LogP contribution in [-0.2, 0) is 30.4 Å². The quantitative estimate of drug-likeness (QED) is 0.0384. The maximum absolute atomic E-state index is 12.4. The lowest BCUT2D eigenvalue weighted by molar-refractivity contribution is -0.146. The van der Waals surface area contributed by atoms with Gasteiger partial charge in [0, 0.05) is 25.5 Å². The normalized spacial score (nSPS) is 11.1. The third kappa shape index (κ3) is 82.1. The van der Waals surface area contributed by atoms with Crippen molar-refractivity contribution in [1.29, 1.82) is 0 Å². The minimum absolute atomic E-state index is 0.00609. The van der Waals surface area contributed by atoms with E-state index < -0.39 is 6.29 Å². The number of aliphatic hydroxyl groups excluding tert-OH is 1. The minimum Gasteiger partial charge on any atom is -0.465 e. The Bertz CT molecular complexity index is 1020. The Hall–Kier alpha value is -1.96. The van der Waals surface area contributed by atoms with E-state index in [4.69, 9.17) is 14.2 Å². The van der Waals surface area contributed by atoms with Gasteiger partial charge in [-0.1, -0.05) is 282 Å². The summed E-state index contributed by atoms with van der Waals surface area (Å²) in [6.07, 6.45) is 37.1. The van der Waals surface area contributed by atoms with Crippen molar-refractivity contribution in [2.75, 3.05) is 19.8 Å². The fraction of sp³-hybridized carbons (Fsp3) is 0.877. The molecule has 1 rings (SSSR count). The lowest BCUT2D eigenvalue weighted by atomic mass is 9.96. The Morgan fingerprint density at radius 3 is 1.31 bits per heavy atom. The number of rotatable bonds is 40. The van der Waals surface area contributed by atoms with Crippen molar-refractivity contribution in [3.8, 4) is 0 Å². The SMILES string of the molecule is CC.CC.CC.CCC.CCC.CCC.CCCCC.CCCCCCC(CCCC)COC(=O)CCCCCCCCC(CCCCCCCCC(O)OCC)NCCCCC(=O)OCc1ccccc1. The number of carbonyl (C=O) groups is 2. The highest BCUT2D eigenvalue weighted by Crippen LogP contribution is 2.19. The highest BCUT2D eigenvalue weighted by Gasteiger charge is 2.13. The summed E-state index contributed by atoms with van der Waals surface area (Å²) in [4.78, 5) is 24.6. The standard InChI is InChI=1S/C45H81NO6.C5H12.3C3H8.3C2H6/c1-4-7-9-19-29-40(28-8-5-2)38-51-44(48)35-25-17-13-11-15-23-33-42(32-22-14-10-12-16-24-34-43(47)50-6-3)46-37-27-26-36-45(49)52-39-41-30-20-18-21-31-41;1-3-5-4-2;3*1-3-2;3*1-2/h18,20-21,30-31,40,42-43,46-47H,4-17,19,22-29,32-39H2,1-3H3;3-5H2,1-2H3;3*3H2,1-2H3;3*1-2H3. The molecule has 3 unspecified atom stereocenters. The van der Waals surface area contributed by atoms with E-state index in [1.165, 1.54) is 154 Å². The van der Waals surface area contributed by atoms with E-state index in [-0.39, 0.29) is 11.9 Å². The molecule has 2 N–H and O–H groups in total. The van der Waals surface area contributed by atoms with Gasteiger partial charge in [-0.15, -0.1) is 0 Å². The predicted octanol–water partition coefficient (Wildman–Crippen LogP) is 21.3. The van der Waals surface area contributed by atoms with Crippen molar-refractivity contribution in [2.45, 2.75) is 349 Å². The summed E-state index contributed by atoms with van der Waals surface area (Å²) in [6, 6.07) is 10.4. The molecule has 0 aliphatic rings. The summed E-state index contributed by atoms with van der Waals surface area (Å²) < 4.78 is 16.4. The fourth-order valence-corrected chi connectivity index (χ4v) is 7.22. The van der Waals surface area contributed by atoms with E-state index >= 15 is 0 Å².